The predicted molar refractivity (Wildman–Crippen MR) is 115 cm³/mol. The van der Waals surface area contributed by atoms with Gasteiger partial charge in [0.05, 0.1) is 28.8 Å². The first-order valence-electron chi connectivity index (χ1n) is 9.51. The number of carbonyl (C=O) groups excluding carboxylic acids is 1. The highest BCUT2D eigenvalue weighted by Gasteiger charge is 2.24. The molecule has 1 fully saturated rings. The fourth-order valence-electron chi connectivity index (χ4n) is 3.51. The molecular formula is C22H19Cl2FN2O3. The molecule has 0 bridgehead atoms. The van der Waals surface area contributed by atoms with Crippen LogP contribution in [0.2, 0.25) is 10.0 Å². The Hall–Kier alpha value is -2.41. The second-order valence-corrected chi connectivity index (χ2v) is 7.79. The van der Waals surface area contributed by atoms with Gasteiger partial charge in [0.25, 0.3) is 5.91 Å². The molecule has 2 aromatic carbocycles. The third-order valence-electron chi connectivity index (χ3n) is 4.97. The summed E-state index contributed by atoms with van der Waals surface area (Å²) in [6.07, 6.45) is 0.990. The molecule has 156 valence electrons. The average molecular weight is 449 g/mol. The Morgan fingerprint density at radius 1 is 1.17 bits per heavy atom. The maximum absolute atomic E-state index is 13.6. The third kappa shape index (κ3) is 4.21. The van der Waals surface area contributed by atoms with Gasteiger partial charge in [-0.2, -0.15) is 0 Å². The fraction of sp³-hybridized carbons (Fsp3) is 0.273. The molecule has 1 aliphatic heterocycles. The van der Waals surface area contributed by atoms with E-state index in [2.05, 4.69) is 4.98 Å². The van der Waals surface area contributed by atoms with Crippen LogP contribution in [-0.2, 0) is 9.53 Å². The topological polar surface area (TPSA) is 51.7 Å². The second kappa shape index (κ2) is 8.76. The molecule has 8 heteroatoms. The lowest BCUT2D eigenvalue weighted by molar-refractivity contribution is -0.142. The van der Waals surface area contributed by atoms with E-state index in [0.717, 1.165) is 10.9 Å². The molecule has 0 radical (unpaired) electrons. The van der Waals surface area contributed by atoms with Crippen molar-refractivity contribution in [3.63, 3.8) is 0 Å². The van der Waals surface area contributed by atoms with Gasteiger partial charge in [-0.1, -0.05) is 23.2 Å². The minimum atomic E-state index is -0.635. The zero-order valence-corrected chi connectivity index (χ0v) is 17.7. The molecule has 3 aromatic rings. The Morgan fingerprint density at radius 3 is 2.57 bits per heavy atom. The van der Waals surface area contributed by atoms with E-state index in [-0.39, 0.29) is 16.0 Å². The Bertz CT molecular complexity index is 1080. The molecule has 1 aliphatic rings. The lowest BCUT2D eigenvalue weighted by atomic mass is 10.0. The van der Waals surface area contributed by atoms with Gasteiger partial charge in [-0.05, 0) is 42.8 Å². The first-order chi connectivity index (χ1) is 14.4. The van der Waals surface area contributed by atoms with E-state index in [0.29, 0.717) is 43.1 Å². The molecule has 2 heterocycles. The van der Waals surface area contributed by atoms with Gasteiger partial charge >= 0.3 is 0 Å². The number of rotatable bonds is 4. The SMILES string of the molecule is CC(Oc1ccc2c(-c3c(Cl)cc(F)cc3Cl)ccnc2c1)C(=O)N1CCOCC1. The molecule has 1 aromatic heterocycles. The van der Waals surface area contributed by atoms with E-state index in [1.165, 1.54) is 12.1 Å². The summed E-state index contributed by atoms with van der Waals surface area (Å²) in [5.41, 5.74) is 1.92. The zero-order valence-electron chi connectivity index (χ0n) is 16.2. The van der Waals surface area contributed by atoms with E-state index in [4.69, 9.17) is 32.7 Å². The predicted octanol–water partition coefficient (Wildman–Crippen LogP) is 4.97. The number of carbonyl (C=O) groups is 1. The number of hydrogen-bond acceptors (Lipinski definition) is 4. The van der Waals surface area contributed by atoms with E-state index in [9.17, 15) is 9.18 Å². The molecule has 30 heavy (non-hydrogen) atoms. The van der Waals surface area contributed by atoms with Crippen LogP contribution in [0.5, 0.6) is 5.75 Å². The molecule has 0 spiro atoms. The first-order valence-corrected chi connectivity index (χ1v) is 10.3. The average Bonchev–Trinajstić information content (AvgIpc) is 2.73. The Labute approximate surface area is 183 Å². The minimum absolute atomic E-state index is 0.0787. The van der Waals surface area contributed by atoms with Crippen molar-refractivity contribution < 1.29 is 18.7 Å². The number of amides is 1. The lowest BCUT2D eigenvalue weighted by Gasteiger charge is -2.29. The summed E-state index contributed by atoms with van der Waals surface area (Å²) in [6, 6.07) is 9.58. The van der Waals surface area contributed by atoms with E-state index < -0.39 is 11.9 Å². The van der Waals surface area contributed by atoms with Crippen LogP contribution < -0.4 is 4.74 Å². The van der Waals surface area contributed by atoms with Crippen molar-refractivity contribution in [3.8, 4) is 16.9 Å². The summed E-state index contributed by atoms with van der Waals surface area (Å²) in [4.78, 5) is 18.7. The number of nitrogens with zero attached hydrogens (tertiary/aromatic N) is 2. The summed E-state index contributed by atoms with van der Waals surface area (Å²) in [5.74, 6) is -0.0516. The highest BCUT2D eigenvalue weighted by Crippen LogP contribution is 2.39. The number of halogens is 3. The summed E-state index contributed by atoms with van der Waals surface area (Å²) in [5, 5.41) is 1.22. The normalized spacial score (nSPS) is 15.3. The molecule has 5 nitrogen and oxygen atoms in total. The van der Waals surface area contributed by atoms with Crippen molar-refractivity contribution >= 4 is 40.0 Å². The van der Waals surface area contributed by atoms with Gasteiger partial charge in [-0.15, -0.1) is 0 Å². The highest BCUT2D eigenvalue weighted by molar-refractivity contribution is 6.39. The van der Waals surface area contributed by atoms with Gasteiger partial charge in [0.15, 0.2) is 6.10 Å². The third-order valence-corrected chi connectivity index (χ3v) is 5.57. The number of ether oxygens (including phenoxy) is 2. The number of morpholine rings is 1. The van der Waals surface area contributed by atoms with Gasteiger partial charge in [-0.25, -0.2) is 4.39 Å². The first kappa shape index (κ1) is 20.8. The van der Waals surface area contributed by atoms with Crippen molar-refractivity contribution in [1.29, 1.82) is 0 Å². The second-order valence-electron chi connectivity index (χ2n) is 6.98. The number of benzene rings is 2. The summed E-state index contributed by atoms with van der Waals surface area (Å²) >= 11 is 12.5. The summed E-state index contributed by atoms with van der Waals surface area (Å²) in [6.45, 7) is 3.93. The quantitative estimate of drug-likeness (QED) is 0.564. The minimum Gasteiger partial charge on any atom is -0.481 e. The van der Waals surface area contributed by atoms with Crippen LogP contribution in [0.1, 0.15) is 6.92 Å². The Balaban J connectivity index is 1.62. The van der Waals surface area contributed by atoms with Gasteiger partial charge in [0, 0.05) is 36.3 Å². The number of aromatic nitrogens is 1. The van der Waals surface area contributed by atoms with Crippen molar-refractivity contribution in [2.75, 3.05) is 26.3 Å². The number of pyridine rings is 1. The molecular weight excluding hydrogens is 430 g/mol. The maximum Gasteiger partial charge on any atom is 0.263 e. The fourth-order valence-corrected chi connectivity index (χ4v) is 4.18. The molecule has 0 aliphatic carbocycles. The van der Waals surface area contributed by atoms with Gasteiger partial charge in [0.2, 0.25) is 0 Å². The summed E-state index contributed by atoms with van der Waals surface area (Å²) < 4.78 is 24.7. The standard InChI is InChI=1S/C22H19Cl2FN2O3/c1-13(22(28)27-6-8-29-9-7-27)30-15-2-3-16-17(4-5-26-20(16)12-15)21-18(23)10-14(25)11-19(21)24/h2-5,10-13H,6-9H2,1H3. The van der Waals surface area contributed by atoms with Crippen LogP contribution >= 0.6 is 23.2 Å². The number of fused-ring (bicyclic) bond motifs is 1. The number of hydrogen-bond donors (Lipinski definition) is 0. The largest absolute Gasteiger partial charge is 0.481 e. The lowest BCUT2D eigenvalue weighted by Crippen LogP contribution is -2.46. The van der Waals surface area contributed by atoms with Crippen LogP contribution in [0.15, 0.2) is 42.6 Å². The van der Waals surface area contributed by atoms with E-state index in [1.807, 2.05) is 6.07 Å². The summed E-state index contributed by atoms with van der Waals surface area (Å²) in [7, 11) is 0. The van der Waals surface area contributed by atoms with Crippen LogP contribution in [-0.4, -0.2) is 48.2 Å². The molecule has 0 saturated carbocycles. The zero-order chi connectivity index (χ0) is 21.3. The van der Waals surface area contributed by atoms with Crippen molar-refractivity contribution in [1.82, 2.24) is 9.88 Å². The van der Waals surface area contributed by atoms with E-state index >= 15 is 0 Å². The van der Waals surface area contributed by atoms with Gasteiger partial charge < -0.3 is 14.4 Å². The molecule has 0 N–H and O–H groups in total. The smallest absolute Gasteiger partial charge is 0.263 e. The molecule has 1 atom stereocenters. The molecule has 4 rings (SSSR count). The Morgan fingerprint density at radius 2 is 1.87 bits per heavy atom. The van der Waals surface area contributed by atoms with Gasteiger partial charge in [-0.3, -0.25) is 9.78 Å². The van der Waals surface area contributed by atoms with Crippen LogP contribution in [0.25, 0.3) is 22.0 Å². The van der Waals surface area contributed by atoms with E-state index in [1.54, 1.807) is 36.2 Å². The van der Waals surface area contributed by atoms with Crippen molar-refractivity contribution in [2.45, 2.75) is 13.0 Å². The van der Waals surface area contributed by atoms with Crippen LogP contribution in [0, 0.1) is 5.82 Å². The molecule has 1 amide bonds. The van der Waals surface area contributed by atoms with Crippen molar-refractivity contribution in [3.05, 3.63) is 58.5 Å². The monoisotopic (exact) mass is 448 g/mol. The maximum atomic E-state index is 13.6. The van der Waals surface area contributed by atoms with Gasteiger partial charge in [0.1, 0.15) is 11.6 Å². The Kier molecular flexibility index (Phi) is 6.09. The highest BCUT2D eigenvalue weighted by atomic mass is 35.5. The molecule has 1 unspecified atom stereocenters. The van der Waals surface area contributed by atoms with Crippen LogP contribution in [0.3, 0.4) is 0 Å². The van der Waals surface area contributed by atoms with Crippen LogP contribution in [0.4, 0.5) is 4.39 Å². The van der Waals surface area contributed by atoms with Crippen molar-refractivity contribution in [2.24, 2.45) is 0 Å². The molecule has 1 saturated heterocycles.